The molecule has 0 radical (unpaired) electrons. The van der Waals surface area contributed by atoms with Crippen molar-refractivity contribution >= 4 is 11.5 Å². The highest BCUT2D eigenvalue weighted by atomic mass is 19.4. The molecule has 7 nitrogen and oxygen atoms in total. The summed E-state index contributed by atoms with van der Waals surface area (Å²) in [6, 6.07) is 6.38. The quantitative estimate of drug-likeness (QED) is 0.572. The fourth-order valence-corrected chi connectivity index (χ4v) is 5.14. The van der Waals surface area contributed by atoms with E-state index in [4.69, 9.17) is 14.8 Å². The number of anilines is 1. The van der Waals surface area contributed by atoms with Crippen molar-refractivity contribution in [2.45, 2.75) is 51.9 Å². The topological polar surface area (TPSA) is 66.1 Å². The molecule has 10 heteroatoms. The van der Waals surface area contributed by atoms with Gasteiger partial charge < -0.3 is 14.7 Å². The standard InChI is InChI=1S/C26H32F3N5O2/c1-17-14-24(33-10-12-36-13-11-33)31-34-23(15-19-4-3-5-21(18(19)2)26(27,28)29)22(30-25(17)34)16-32-8-6-20(35)7-9-32/h3-5,14,20,35H,6-13,15-16H2,1-2H3. The number of rotatable bonds is 5. The predicted molar refractivity (Wildman–Crippen MR) is 130 cm³/mol. The first kappa shape index (κ1) is 25.0. The zero-order chi connectivity index (χ0) is 25.4. The molecule has 0 aliphatic carbocycles. The lowest BCUT2D eigenvalue weighted by molar-refractivity contribution is -0.138. The molecule has 0 unspecified atom stereocenters. The highest BCUT2D eigenvalue weighted by Crippen LogP contribution is 2.34. The summed E-state index contributed by atoms with van der Waals surface area (Å²) in [5.41, 5.74) is 3.53. The first-order chi connectivity index (χ1) is 17.2. The van der Waals surface area contributed by atoms with Crippen molar-refractivity contribution in [3.63, 3.8) is 0 Å². The number of ether oxygens (including phenoxy) is 1. The maximum absolute atomic E-state index is 13.6. The lowest BCUT2D eigenvalue weighted by atomic mass is 9.97. The van der Waals surface area contributed by atoms with E-state index in [1.165, 1.54) is 13.0 Å². The number of hydrogen-bond donors (Lipinski definition) is 1. The molecular formula is C26H32F3N5O2. The number of benzene rings is 1. The van der Waals surface area contributed by atoms with Crippen molar-refractivity contribution < 1.29 is 23.0 Å². The Hall–Kier alpha value is -2.69. The number of piperidine rings is 1. The summed E-state index contributed by atoms with van der Waals surface area (Å²) in [7, 11) is 0. The zero-order valence-electron chi connectivity index (χ0n) is 20.7. The van der Waals surface area contributed by atoms with Gasteiger partial charge in [-0.3, -0.25) is 4.90 Å². The van der Waals surface area contributed by atoms with Crippen LogP contribution in [0.4, 0.5) is 19.0 Å². The molecule has 194 valence electrons. The minimum atomic E-state index is -4.41. The van der Waals surface area contributed by atoms with Crippen molar-refractivity contribution in [3.8, 4) is 0 Å². The molecule has 4 heterocycles. The van der Waals surface area contributed by atoms with Crippen LogP contribution >= 0.6 is 0 Å². The minimum absolute atomic E-state index is 0.230. The molecule has 2 fully saturated rings. The van der Waals surface area contributed by atoms with Gasteiger partial charge in [-0.25, -0.2) is 9.50 Å². The molecule has 1 N–H and O–H groups in total. The maximum Gasteiger partial charge on any atom is 0.416 e. The van der Waals surface area contributed by atoms with E-state index in [2.05, 4.69) is 9.80 Å². The summed E-state index contributed by atoms with van der Waals surface area (Å²) in [4.78, 5) is 9.35. The smallest absolute Gasteiger partial charge is 0.393 e. The van der Waals surface area contributed by atoms with Gasteiger partial charge in [0.05, 0.1) is 36.3 Å². The lowest BCUT2D eigenvalue weighted by Crippen LogP contribution is -2.37. The Labute approximate surface area is 208 Å². The Morgan fingerprint density at radius 1 is 1.08 bits per heavy atom. The Morgan fingerprint density at radius 2 is 1.81 bits per heavy atom. The zero-order valence-corrected chi connectivity index (χ0v) is 20.7. The highest BCUT2D eigenvalue weighted by Gasteiger charge is 2.33. The summed E-state index contributed by atoms with van der Waals surface area (Å²) in [6.45, 7) is 8.32. The molecule has 0 atom stereocenters. The molecule has 36 heavy (non-hydrogen) atoms. The van der Waals surface area contributed by atoms with Gasteiger partial charge in [0.2, 0.25) is 0 Å². The normalized spacial score (nSPS) is 18.3. The SMILES string of the molecule is Cc1c(Cc2c(CN3CCC(O)CC3)nc3c(C)cc(N4CCOCC4)nn23)cccc1C(F)(F)F. The van der Waals surface area contributed by atoms with E-state index in [0.717, 1.165) is 60.7 Å². The van der Waals surface area contributed by atoms with Crippen molar-refractivity contribution in [3.05, 3.63) is 57.9 Å². The number of aryl methyl sites for hydroxylation is 1. The Bertz CT molecular complexity index is 1230. The molecule has 2 saturated heterocycles. The van der Waals surface area contributed by atoms with E-state index < -0.39 is 11.7 Å². The Balaban J connectivity index is 1.58. The van der Waals surface area contributed by atoms with Gasteiger partial charge in [0, 0.05) is 39.1 Å². The highest BCUT2D eigenvalue weighted by molar-refractivity contribution is 5.56. The van der Waals surface area contributed by atoms with E-state index in [1.54, 1.807) is 6.07 Å². The molecule has 3 aromatic rings. The van der Waals surface area contributed by atoms with Crippen LogP contribution in [0.1, 0.15) is 46.5 Å². The number of likely N-dealkylation sites (tertiary alicyclic amines) is 1. The van der Waals surface area contributed by atoms with Crippen molar-refractivity contribution in [1.29, 1.82) is 0 Å². The summed E-state index contributed by atoms with van der Waals surface area (Å²) >= 11 is 0. The number of aliphatic hydroxyl groups excluding tert-OH is 1. The fraction of sp³-hybridized carbons (Fsp3) is 0.538. The molecule has 0 bridgehead atoms. The molecule has 2 aliphatic heterocycles. The number of imidazole rings is 1. The number of nitrogens with zero attached hydrogens (tertiary/aromatic N) is 5. The number of hydrogen-bond acceptors (Lipinski definition) is 6. The Kier molecular flexibility index (Phi) is 6.93. The lowest BCUT2D eigenvalue weighted by Gasteiger charge is -2.29. The van der Waals surface area contributed by atoms with Crippen LogP contribution in [-0.4, -0.2) is 70.1 Å². The van der Waals surface area contributed by atoms with E-state index in [9.17, 15) is 18.3 Å². The van der Waals surface area contributed by atoms with Gasteiger partial charge in [0.1, 0.15) is 5.82 Å². The van der Waals surface area contributed by atoms with Gasteiger partial charge in [-0.2, -0.15) is 13.2 Å². The minimum Gasteiger partial charge on any atom is -0.393 e. The number of aromatic nitrogens is 3. The van der Waals surface area contributed by atoms with Gasteiger partial charge in [-0.1, -0.05) is 12.1 Å². The van der Waals surface area contributed by atoms with Crippen LogP contribution in [0, 0.1) is 13.8 Å². The van der Waals surface area contributed by atoms with E-state index in [0.29, 0.717) is 44.6 Å². The molecule has 0 spiro atoms. The molecule has 5 rings (SSSR count). The van der Waals surface area contributed by atoms with Crippen LogP contribution < -0.4 is 4.90 Å². The summed E-state index contributed by atoms with van der Waals surface area (Å²) < 4.78 is 48.2. The van der Waals surface area contributed by atoms with E-state index in [-0.39, 0.29) is 11.7 Å². The molecule has 2 aromatic heterocycles. The summed E-state index contributed by atoms with van der Waals surface area (Å²) in [5, 5.41) is 14.8. The van der Waals surface area contributed by atoms with Crippen LogP contribution in [0.15, 0.2) is 24.3 Å². The third-order valence-corrected chi connectivity index (χ3v) is 7.31. The number of alkyl halides is 3. The summed E-state index contributed by atoms with van der Waals surface area (Å²) in [6.07, 6.45) is -2.99. The average Bonchev–Trinajstić information content (AvgIpc) is 3.19. The van der Waals surface area contributed by atoms with Gasteiger partial charge in [0.15, 0.2) is 5.65 Å². The predicted octanol–water partition coefficient (Wildman–Crippen LogP) is 3.75. The first-order valence-corrected chi connectivity index (χ1v) is 12.5. The third-order valence-electron chi connectivity index (χ3n) is 7.31. The van der Waals surface area contributed by atoms with E-state index in [1.807, 2.05) is 17.5 Å². The van der Waals surface area contributed by atoms with Crippen LogP contribution in [0.25, 0.3) is 5.65 Å². The average molecular weight is 504 g/mol. The largest absolute Gasteiger partial charge is 0.416 e. The first-order valence-electron chi connectivity index (χ1n) is 12.5. The van der Waals surface area contributed by atoms with Crippen molar-refractivity contribution in [1.82, 2.24) is 19.5 Å². The van der Waals surface area contributed by atoms with E-state index >= 15 is 0 Å². The molecular weight excluding hydrogens is 471 g/mol. The number of fused-ring (bicyclic) bond motifs is 1. The van der Waals surface area contributed by atoms with Gasteiger partial charge >= 0.3 is 6.18 Å². The van der Waals surface area contributed by atoms with Gasteiger partial charge in [-0.15, -0.1) is 5.10 Å². The van der Waals surface area contributed by atoms with Crippen molar-refractivity contribution in [2.75, 3.05) is 44.3 Å². The van der Waals surface area contributed by atoms with Crippen LogP contribution in [0.3, 0.4) is 0 Å². The number of halogens is 3. The fourth-order valence-electron chi connectivity index (χ4n) is 5.14. The van der Waals surface area contributed by atoms with Crippen LogP contribution in [-0.2, 0) is 23.9 Å². The second-order valence-electron chi connectivity index (χ2n) is 9.80. The second-order valence-corrected chi connectivity index (χ2v) is 9.80. The number of aliphatic hydroxyl groups is 1. The molecule has 0 saturated carbocycles. The second kappa shape index (κ2) is 9.99. The van der Waals surface area contributed by atoms with Gasteiger partial charge in [-0.05, 0) is 55.5 Å². The van der Waals surface area contributed by atoms with Crippen molar-refractivity contribution in [2.24, 2.45) is 0 Å². The van der Waals surface area contributed by atoms with Crippen LogP contribution in [0.2, 0.25) is 0 Å². The number of morpholine rings is 1. The summed E-state index contributed by atoms with van der Waals surface area (Å²) in [5.74, 6) is 0.815. The third kappa shape index (κ3) is 5.07. The van der Waals surface area contributed by atoms with Crippen LogP contribution in [0.5, 0.6) is 0 Å². The molecule has 2 aliphatic rings. The molecule has 1 aromatic carbocycles. The Morgan fingerprint density at radius 3 is 2.50 bits per heavy atom. The monoisotopic (exact) mass is 503 g/mol. The maximum atomic E-state index is 13.6. The molecule has 0 amide bonds. The van der Waals surface area contributed by atoms with Gasteiger partial charge in [0.25, 0.3) is 0 Å².